The van der Waals surface area contributed by atoms with Crippen molar-refractivity contribution in [2.45, 2.75) is 71.3 Å². The lowest BCUT2D eigenvalue weighted by Crippen LogP contribution is -2.15. The predicted octanol–water partition coefficient (Wildman–Crippen LogP) is 5.11. The molecule has 0 radical (unpaired) electrons. The zero-order valence-electron chi connectivity index (χ0n) is 18.1. The van der Waals surface area contributed by atoms with Gasteiger partial charge < -0.3 is 14.5 Å². The second-order valence-corrected chi connectivity index (χ2v) is 9.33. The van der Waals surface area contributed by atoms with Crippen molar-refractivity contribution in [2.75, 3.05) is 0 Å². The van der Waals surface area contributed by atoms with Crippen molar-refractivity contribution >= 4 is 33.1 Å². The van der Waals surface area contributed by atoms with Crippen molar-refractivity contribution < 1.29 is 9.52 Å². The van der Waals surface area contributed by atoms with E-state index >= 15 is 0 Å². The third kappa shape index (κ3) is 3.27. The van der Waals surface area contributed by atoms with Crippen molar-refractivity contribution in [1.29, 1.82) is 0 Å². The first-order chi connectivity index (χ1) is 15.0. The van der Waals surface area contributed by atoms with Crippen LogP contribution in [0.5, 0.6) is 5.75 Å². The highest BCUT2D eigenvalue weighted by Gasteiger charge is 2.25. The second-order valence-electron chi connectivity index (χ2n) is 9.33. The summed E-state index contributed by atoms with van der Waals surface area (Å²) in [6.07, 6.45) is 8.79. The first-order valence-electron chi connectivity index (χ1n) is 11.4. The van der Waals surface area contributed by atoms with Crippen LogP contribution in [0.3, 0.4) is 0 Å². The maximum Gasteiger partial charge on any atom is 0.274 e. The summed E-state index contributed by atoms with van der Waals surface area (Å²) in [6, 6.07) is 3.27. The van der Waals surface area contributed by atoms with E-state index in [0.29, 0.717) is 34.2 Å². The number of hydrogen-bond acceptors (Lipinski definition) is 4. The van der Waals surface area contributed by atoms with Gasteiger partial charge in [-0.3, -0.25) is 19.4 Å². The number of aromatic hydroxyl groups is 1. The zero-order valence-corrected chi connectivity index (χ0v) is 18.1. The second kappa shape index (κ2) is 7.62. The third-order valence-electron chi connectivity index (χ3n) is 6.59. The minimum Gasteiger partial charge on any atom is -0.502 e. The minimum atomic E-state index is -0.474. The Balaban J connectivity index is 1.84. The number of aromatic nitrogens is 3. The number of nitrogens with zero attached hydrogens (tertiary/aromatic N) is 1. The molecule has 1 aliphatic carbocycles. The van der Waals surface area contributed by atoms with Gasteiger partial charge in [-0.2, -0.15) is 0 Å². The van der Waals surface area contributed by atoms with E-state index in [9.17, 15) is 14.7 Å². The topological polar surface area (TPSA) is 104 Å². The molecule has 0 bridgehead atoms. The van der Waals surface area contributed by atoms with Gasteiger partial charge in [0.15, 0.2) is 11.2 Å². The van der Waals surface area contributed by atoms with Gasteiger partial charge in [0.05, 0.1) is 16.9 Å². The monoisotopic (exact) mass is 423 g/mol. The molecule has 3 N–H and O–H groups in total. The number of benzene rings is 1. The van der Waals surface area contributed by atoms with E-state index < -0.39 is 5.43 Å². The van der Waals surface area contributed by atoms with Crippen molar-refractivity contribution in [3.05, 3.63) is 38.3 Å². The van der Waals surface area contributed by atoms with E-state index in [0.717, 1.165) is 36.9 Å². The quantitative estimate of drug-likeness (QED) is 0.426. The molecule has 0 saturated heterocycles. The molecular weight excluding hydrogens is 394 g/mol. The van der Waals surface area contributed by atoms with E-state index in [-0.39, 0.29) is 22.9 Å². The van der Waals surface area contributed by atoms with Crippen molar-refractivity contribution in [2.24, 2.45) is 5.92 Å². The SMILES string of the molecule is CC(C)Cc1c2oc3c(O)c(=O)ccc3c2[nH]c2c1c(=O)[nH]n2C1CCCCCCC1. The van der Waals surface area contributed by atoms with Crippen LogP contribution in [0.4, 0.5) is 0 Å². The summed E-state index contributed by atoms with van der Waals surface area (Å²) < 4.78 is 8.03. The Kier molecular flexibility index (Phi) is 4.91. The van der Waals surface area contributed by atoms with Crippen LogP contribution in [-0.4, -0.2) is 19.9 Å². The largest absolute Gasteiger partial charge is 0.502 e. The molecule has 1 saturated carbocycles. The molecule has 0 spiro atoms. The summed E-state index contributed by atoms with van der Waals surface area (Å²) >= 11 is 0. The maximum atomic E-state index is 13.1. The smallest absolute Gasteiger partial charge is 0.274 e. The third-order valence-corrected chi connectivity index (χ3v) is 6.59. The first-order valence-corrected chi connectivity index (χ1v) is 11.4. The van der Waals surface area contributed by atoms with Crippen LogP contribution >= 0.6 is 0 Å². The number of fused-ring (bicyclic) bond motifs is 4. The lowest BCUT2D eigenvalue weighted by Gasteiger charge is -2.21. The maximum absolute atomic E-state index is 13.1. The van der Waals surface area contributed by atoms with Crippen LogP contribution in [0.15, 0.2) is 26.1 Å². The molecule has 3 aromatic heterocycles. The van der Waals surface area contributed by atoms with Gasteiger partial charge in [0, 0.05) is 10.9 Å². The minimum absolute atomic E-state index is 0.125. The molecule has 0 aliphatic heterocycles. The number of furan rings is 1. The summed E-state index contributed by atoms with van der Waals surface area (Å²) in [7, 11) is 0. The molecule has 4 aromatic rings. The number of phenols is 1. The Morgan fingerprint density at radius 1 is 1.10 bits per heavy atom. The number of H-pyrrole nitrogens is 2. The van der Waals surface area contributed by atoms with Gasteiger partial charge in [0.2, 0.25) is 11.2 Å². The molecule has 0 unspecified atom stereocenters. The summed E-state index contributed by atoms with van der Waals surface area (Å²) in [5.74, 6) is -0.0890. The molecule has 5 rings (SSSR count). The molecule has 1 aromatic carbocycles. The van der Waals surface area contributed by atoms with Crippen LogP contribution in [0.25, 0.3) is 33.1 Å². The first kappa shape index (κ1) is 20.0. The Morgan fingerprint density at radius 2 is 1.81 bits per heavy atom. The Hall–Kier alpha value is -2.96. The zero-order chi connectivity index (χ0) is 21.7. The molecule has 0 amide bonds. The van der Waals surface area contributed by atoms with Crippen molar-refractivity contribution in [1.82, 2.24) is 14.8 Å². The molecule has 0 atom stereocenters. The number of phenolic OH excluding ortho intramolecular Hbond substituents is 1. The molecule has 3 heterocycles. The molecule has 7 heteroatoms. The predicted molar refractivity (Wildman–Crippen MR) is 122 cm³/mol. The van der Waals surface area contributed by atoms with Gasteiger partial charge in [-0.1, -0.05) is 46.0 Å². The lowest BCUT2D eigenvalue weighted by atomic mass is 9.96. The molecule has 31 heavy (non-hydrogen) atoms. The van der Waals surface area contributed by atoms with Crippen molar-refractivity contribution in [3.8, 4) is 5.75 Å². The van der Waals surface area contributed by atoms with Gasteiger partial charge in [-0.25, -0.2) is 0 Å². The van der Waals surface area contributed by atoms with Gasteiger partial charge in [-0.05, 0) is 37.3 Å². The molecule has 1 fully saturated rings. The fourth-order valence-electron chi connectivity index (χ4n) is 5.12. The van der Waals surface area contributed by atoms with Crippen LogP contribution in [-0.2, 0) is 6.42 Å². The van der Waals surface area contributed by atoms with Gasteiger partial charge in [0.25, 0.3) is 5.56 Å². The molecule has 164 valence electrons. The highest BCUT2D eigenvalue weighted by atomic mass is 16.4. The van der Waals surface area contributed by atoms with E-state index in [4.69, 9.17) is 4.42 Å². The van der Waals surface area contributed by atoms with Crippen LogP contribution in [0.1, 0.15) is 70.4 Å². The summed E-state index contributed by atoms with van der Waals surface area (Å²) in [5, 5.41) is 14.7. The summed E-state index contributed by atoms with van der Waals surface area (Å²) in [6.45, 7) is 4.20. The average molecular weight is 424 g/mol. The molecule has 7 nitrogen and oxygen atoms in total. The number of nitrogens with one attached hydrogen (secondary N) is 2. The lowest BCUT2D eigenvalue weighted by molar-refractivity contribution is 0.353. The van der Waals surface area contributed by atoms with Crippen LogP contribution < -0.4 is 11.0 Å². The van der Waals surface area contributed by atoms with E-state index in [1.54, 1.807) is 6.07 Å². The van der Waals surface area contributed by atoms with Gasteiger partial charge >= 0.3 is 0 Å². The number of pyridine rings is 1. The van der Waals surface area contributed by atoms with Crippen LogP contribution in [0.2, 0.25) is 0 Å². The fraction of sp³-hybridized carbons (Fsp3) is 0.500. The Labute approximate surface area is 179 Å². The van der Waals surface area contributed by atoms with Crippen LogP contribution in [0, 0.1) is 5.92 Å². The Bertz CT molecular complexity index is 1380. The average Bonchev–Trinajstić information content (AvgIpc) is 3.23. The van der Waals surface area contributed by atoms with E-state index in [1.807, 2.05) is 4.68 Å². The molecule has 1 aliphatic rings. The molecular formula is C24H29N3O4. The Morgan fingerprint density at radius 3 is 2.52 bits per heavy atom. The van der Waals surface area contributed by atoms with Gasteiger partial charge in [-0.15, -0.1) is 0 Å². The highest BCUT2D eigenvalue weighted by Crippen LogP contribution is 2.37. The standard InChI is InChI=1S/C24H29N3O4/c1-13(2)12-16-18-23(27(26-24(18)30)14-8-6-4-3-5-7-9-14)25-19-15-10-11-17(28)20(29)22(15)31-21(16)19/h10-11,13-14,25,29H,3-9,12H2,1-2H3,(H,26,30). The summed E-state index contributed by atoms with van der Waals surface area (Å²) in [5.41, 5.74) is 2.42. The fourth-order valence-corrected chi connectivity index (χ4v) is 5.12. The van der Waals surface area contributed by atoms with Crippen molar-refractivity contribution in [3.63, 3.8) is 0 Å². The number of rotatable bonds is 3. The summed E-state index contributed by atoms with van der Waals surface area (Å²) in [4.78, 5) is 28.5. The van der Waals surface area contributed by atoms with E-state index in [2.05, 4.69) is 23.9 Å². The number of hydrogen-bond donors (Lipinski definition) is 3. The number of aromatic amines is 2. The van der Waals surface area contributed by atoms with E-state index in [1.165, 1.54) is 25.3 Å². The van der Waals surface area contributed by atoms with Gasteiger partial charge in [0.1, 0.15) is 5.65 Å². The normalized spacial score (nSPS) is 16.5. The highest BCUT2D eigenvalue weighted by molar-refractivity contribution is 6.09.